The van der Waals surface area contributed by atoms with E-state index >= 15 is 0 Å². The van der Waals surface area contributed by atoms with Gasteiger partial charge in [-0.1, -0.05) is 71.2 Å². The van der Waals surface area contributed by atoms with Crippen molar-refractivity contribution < 1.29 is 23.1 Å². The minimum Gasteiger partial charge on any atom is -0.426 e. The zero-order valence-electron chi connectivity index (χ0n) is 18.7. The van der Waals surface area contributed by atoms with Crippen LogP contribution in [-0.2, 0) is 9.59 Å². The quantitative estimate of drug-likeness (QED) is 0.113. The average molecular weight is 572 g/mol. The monoisotopic (exact) mass is 571 g/mol. The number of hydrogen-bond acceptors (Lipinski definition) is 8. The molecule has 4 aromatic rings. The summed E-state index contributed by atoms with van der Waals surface area (Å²) < 4.78 is 24.9. The van der Waals surface area contributed by atoms with Crippen molar-refractivity contribution in [1.29, 1.82) is 0 Å². The second-order valence-corrected chi connectivity index (χ2v) is 11.0. The van der Waals surface area contributed by atoms with Crippen molar-refractivity contribution in [3.8, 4) is 16.9 Å². The average Bonchev–Trinajstić information content (AvgIpc) is 3.37. The van der Waals surface area contributed by atoms with Crippen molar-refractivity contribution in [3.05, 3.63) is 91.7 Å². The molecule has 1 amide bonds. The Morgan fingerprint density at radius 1 is 1.11 bits per heavy atom. The molecule has 1 aliphatic heterocycles. The molecule has 6 nitrogen and oxygen atoms in total. The number of esters is 1. The van der Waals surface area contributed by atoms with E-state index in [0.717, 1.165) is 28.7 Å². The van der Waals surface area contributed by atoms with Gasteiger partial charge in [0.25, 0.3) is 5.91 Å². The minimum atomic E-state index is -0.575. The maximum absolute atomic E-state index is 13.1. The molecule has 0 N–H and O–H groups in total. The van der Waals surface area contributed by atoms with Gasteiger partial charge in [0.1, 0.15) is 15.9 Å². The normalized spacial score (nSPS) is 14.6. The number of rotatable bonds is 6. The Bertz CT molecular complexity index is 1630. The van der Waals surface area contributed by atoms with Crippen LogP contribution in [0.5, 0.6) is 5.75 Å². The molecule has 0 saturated carbocycles. The highest BCUT2D eigenvalue weighted by molar-refractivity contribution is 8.26. The number of nitrogens with zero attached hydrogens (tertiary/aromatic N) is 1. The third-order valence-electron chi connectivity index (χ3n) is 5.37. The summed E-state index contributed by atoms with van der Waals surface area (Å²) >= 11 is 13.3. The van der Waals surface area contributed by atoms with Gasteiger partial charge < -0.3 is 9.15 Å². The number of amides is 1. The van der Waals surface area contributed by atoms with Crippen LogP contribution in [0, 0.1) is 5.82 Å². The summed E-state index contributed by atoms with van der Waals surface area (Å²) in [6, 6.07) is 15.9. The van der Waals surface area contributed by atoms with Gasteiger partial charge in [0, 0.05) is 23.2 Å². The van der Waals surface area contributed by atoms with Crippen LogP contribution in [0.25, 0.3) is 27.5 Å². The second kappa shape index (κ2) is 10.6. The number of thioether (sulfide) groups is 1. The molecule has 11 heteroatoms. The molecule has 0 aliphatic carbocycles. The molecule has 5 rings (SSSR count). The van der Waals surface area contributed by atoms with Gasteiger partial charge in [-0.25, -0.2) is 9.18 Å². The van der Waals surface area contributed by atoms with Gasteiger partial charge in [0.2, 0.25) is 0 Å². The molecule has 0 spiro atoms. The number of halogens is 2. The van der Waals surface area contributed by atoms with Crippen LogP contribution in [0.1, 0.15) is 12.0 Å². The van der Waals surface area contributed by atoms with Gasteiger partial charge in [-0.15, -0.1) is 0 Å². The molecule has 1 aliphatic rings. The third-order valence-corrected chi connectivity index (χ3v) is 7.78. The van der Waals surface area contributed by atoms with Crippen LogP contribution < -0.4 is 9.68 Å². The van der Waals surface area contributed by atoms with E-state index in [9.17, 15) is 18.8 Å². The van der Waals surface area contributed by atoms with Crippen molar-refractivity contribution in [3.63, 3.8) is 0 Å². The first-order valence-electron chi connectivity index (χ1n) is 10.8. The second-order valence-electron chi connectivity index (χ2n) is 7.87. The number of ether oxygens (including phenoxy) is 1. The molecule has 2 heterocycles. The molecule has 1 saturated heterocycles. The van der Waals surface area contributed by atoms with Gasteiger partial charge >= 0.3 is 10.9 Å². The molecule has 0 bridgehead atoms. The predicted molar refractivity (Wildman–Crippen MR) is 147 cm³/mol. The van der Waals surface area contributed by atoms with E-state index in [2.05, 4.69) is 0 Å². The van der Waals surface area contributed by atoms with E-state index in [1.807, 2.05) is 0 Å². The Morgan fingerprint density at radius 2 is 1.84 bits per heavy atom. The fraction of sp³-hybridized carbons (Fsp3) is 0.0769. The zero-order valence-corrected chi connectivity index (χ0v) is 21.9. The van der Waals surface area contributed by atoms with Crippen LogP contribution in [-0.4, -0.2) is 27.6 Å². The van der Waals surface area contributed by atoms with Gasteiger partial charge in [0.15, 0.2) is 5.58 Å². The molecule has 186 valence electrons. The molecule has 0 unspecified atom stereocenters. The summed E-state index contributed by atoms with van der Waals surface area (Å²) in [6.45, 7) is 0.0373. The van der Waals surface area contributed by atoms with E-state index < -0.39 is 10.9 Å². The Hall–Kier alpha value is -3.31. The highest BCUT2D eigenvalue weighted by Crippen LogP contribution is 2.36. The number of fused-ring (bicyclic) bond motifs is 1. The first kappa shape index (κ1) is 25.3. The van der Waals surface area contributed by atoms with Crippen molar-refractivity contribution in [2.75, 3.05) is 6.54 Å². The predicted octanol–water partition coefficient (Wildman–Crippen LogP) is 6.51. The van der Waals surface area contributed by atoms with E-state index in [0.29, 0.717) is 35.7 Å². The Kier molecular flexibility index (Phi) is 7.25. The first-order valence-corrected chi connectivity index (χ1v) is 13.2. The van der Waals surface area contributed by atoms with Crippen LogP contribution in [0.3, 0.4) is 0 Å². The SMILES string of the molecule is O=C(CCN1C(=O)/C(=C/c2ccc(F)cc2)SC1=S)Oc1cc(-c2ccc(Cl)cc2)c2oc(=O)sc2c1. The summed E-state index contributed by atoms with van der Waals surface area (Å²) in [5.74, 6) is -1.04. The standard InChI is InChI=1S/C26H15ClFNO5S3/c27-16-5-3-15(4-6-16)19-12-18(13-20-23(19)34-26(32)37-20)33-22(30)9-10-29-24(31)21(36-25(29)35)11-14-1-7-17(28)8-2-14/h1-8,11-13H,9-10H2/b21-11-. The van der Waals surface area contributed by atoms with Crippen LogP contribution in [0.15, 0.2) is 74.8 Å². The van der Waals surface area contributed by atoms with Crippen molar-refractivity contribution in [2.45, 2.75) is 6.42 Å². The highest BCUT2D eigenvalue weighted by atomic mass is 35.5. The van der Waals surface area contributed by atoms with E-state index in [1.54, 1.807) is 54.6 Å². The van der Waals surface area contributed by atoms with Crippen molar-refractivity contribution >= 4 is 79.5 Å². The van der Waals surface area contributed by atoms with Crippen LogP contribution in [0.2, 0.25) is 5.02 Å². The van der Waals surface area contributed by atoms with Gasteiger partial charge in [-0.2, -0.15) is 0 Å². The number of benzene rings is 3. The topological polar surface area (TPSA) is 76.8 Å². The Balaban J connectivity index is 1.30. The first-order chi connectivity index (χ1) is 17.8. The summed E-state index contributed by atoms with van der Waals surface area (Å²) in [6.07, 6.45) is 1.52. The lowest BCUT2D eigenvalue weighted by molar-refractivity contribution is -0.134. The fourth-order valence-corrected chi connectivity index (χ4v) is 5.80. The number of hydrogen-bond donors (Lipinski definition) is 0. The lowest BCUT2D eigenvalue weighted by atomic mass is 10.0. The molecule has 0 atom stereocenters. The van der Waals surface area contributed by atoms with Gasteiger partial charge in [0.05, 0.1) is 16.0 Å². The van der Waals surface area contributed by atoms with Crippen molar-refractivity contribution in [2.24, 2.45) is 0 Å². The molecular formula is C26H15ClFNO5S3. The maximum atomic E-state index is 13.1. The summed E-state index contributed by atoms with van der Waals surface area (Å²) in [5.41, 5.74) is 2.37. The zero-order chi connectivity index (χ0) is 26.1. The summed E-state index contributed by atoms with van der Waals surface area (Å²) in [4.78, 5) is 38.6. The van der Waals surface area contributed by atoms with E-state index in [-0.39, 0.29) is 30.4 Å². The van der Waals surface area contributed by atoms with Crippen LogP contribution >= 0.6 is 46.9 Å². The maximum Gasteiger partial charge on any atom is 0.396 e. The molecule has 37 heavy (non-hydrogen) atoms. The molecule has 1 aromatic heterocycles. The number of thiocarbonyl (C=S) groups is 1. The van der Waals surface area contributed by atoms with Gasteiger partial charge in [-0.3, -0.25) is 14.5 Å². The summed E-state index contributed by atoms with van der Waals surface area (Å²) in [5, 5.41) is 0.553. The van der Waals surface area contributed by atoms with E-state index in [1.165, 1.54) is 17.0 Å². The van der Waals surface area contributed by atoms with E-state index in [4.69, 9.17) is 33.0 Å². The Morgan fingerprint density at radius 3 is 2.57 bits per heavy atom. The minimum absolute atomic E-state index is 0.0373. The molecule has 3 aromatic carbocycles. The highest BCUT2D eigenvalue weighted by Gasteiger charge is 2.32. The lowest BCUT2D eigenvalue weighted by Crippen LogP contribution is -2.31. The third kappa shape index (κ3) is 5.67. The number of carbonyl (C=O) groups is 2. The summed E-state index contributed by atoms with van der Waals surface area (Å²) in [7, 11) is 0. The van der Waals surface area contributed by atoms with Gasteiger partial charge in [-0.05, 0) is 47.5 Å². The number of carbonyl (C=O) groups excluding carboxylic acids is 2. The Labute approximate surface area is 228 Å². The smallest absolute Gasteiger partial charge is 0.396 e. The largest absolute Gasteiger partial charge is 0.426 e. The molecular weight excluding hydrogens is 557 g/mol. The van der Waals surface area contributed by atoms with Crippen LogP contribution in [0.4, 0.5) is 4.39 Å². The lowest BCUT2D eigenvalue weighted by Gasteiger charge is -2.14. The van der Waals surface area contributed by atoms with Crippen molar-refractivity contribution in [1.82, 2.24) is 4.90 Å². The molecule has 1 fully saturated rings. The molecule has 0 radical (unpaired) electrons. The fourth-order valence-electron chi connectivity index (χ4n) is 3.64.